The van der Waals surface area contributed by atoms with Gasteiger partial charge in [0.25, 0.3) is 0 Å². The Kier molecular flexibility index (Phi) is 3.66. The fraction of sp³-hybridized carbons (Fsp3) is 0.714. The van der Waals surface area contributed by atoms with Crippen molar-refractivity contribution in [2.24, 2.45) is 11.0 Å². The highest BCUT2D eigenvalue weighted by atomic mass is 16.6. The standard InChI is InChI=1S/C7H15N5O2/c1-2-7(8)10-3-5-11(6-4-10)12(14)9-13/h2,7,13H,1,3-6,8H2. The van der Waals surface area contributed by atoms with E-state index in [1.807, 2.05) is 4.90 Å². The molecule has 0 bridgehead atoms. The van der Waals surface area contributed by atoms with Crippen molar-refractivity contribution in [2.45, 2.75) is 6.17 Å². The molecule has 1 aliphatic heterocycles. The molecule has 0 aromatic carbocycles. The van der Waals surface area contributed by atoms with Crippen molar-refractivity contribution in [3.05, 3.63) is 17.9 Å². The Morgan fingerprint density at radius 3 is 2.50 bits per heavy atom. The third-order valence-electron chi connectivity index (χ3n) is 2.27. The lowest BCUT2D eigenvalue weighted by Gasteiger charge is -2.33. The van der Waals surface area contributed by atoms with E-state index < -0.39 is 0 Å². The van der Waals surface area contributed by atoms with E-state index in [2.05, 4.69) is 11.9 Å². The normalized spacial score (nSPS) is 22.1. The lowest BCUT2D eigenvalue weighted by atomic mass is 10.3. The van der Waals surface area contributed by atoms with Crippen LogP contribution in [0.4, 0.5) is 0 Å². The van der Waals surface area contributed by atoms with E-state index in [1.54, 1.807) is 6.08 Å². The van der Waals surface area contributed by atoms with Crippen LogP contribution >= 0.6 is 0 Å². The topological polar surface area (TPSA) is 91.2 Å². The number of rotatable bonds is 3. The van der Waals surface area contributed by atoms with Crippen LogP contribution in [-0.2, 0) is 0 Å². The lowest BCUT2D eigenvalue weighted by molar-refractivity contribution is -0.711. The van der Waals surface area contributed by atoms with Gasteiger partial charge in [-0.2, -0.15) is 0 Å². The lowest BCUT2D eigenvalue weighted by Crippen LogP contribution is -2.53. The van der Waals surface area contributed by atoms with Gasteiger partial charge in [0.2, 0.25) is 5.28 Å². The van der Waals surface area contributed by atoms with Gasteiger partial charge in [0, 0.05) is 13.1 Å². The molecule has 0 spiro atoms. The van der Waals surface area contributed by atoms with Gasteiger partial charge in [0.05, 0.1) is 24.2 Å². The summed E-state index contributed by atoms with van der Waals surface area (Å²) in [5.41, 5.74) is 5.73. The van der Waals surface area contributed by atoms with Crippen molar-refractivity contribution < 1.29 is 10.2 Å². The first kappa shape index (κ1) is 10.7. The van der Waals surface area contributed by atoms with E-state index in [9.17, 15) is 5.21 Å². The van der Waals surface area contributed by atoms with E-state index in [1.165, 1.54) is 5.01 Å². The molecular weight excluding hydrogens is 186 g/mol. The SMILES string of the molecule is C=CC(N)N1CCN([N+]([O-])=NO)CC1. The largest absolute Gasteiger partial charge is 0.569 e. The molecule has 1 fully saturated rings. The predicted octanol–water partition coefficient (Wildman–Crippen LogP) is -0.658. The zero-order chi connectivity index (χ0) is 10.6. The highest BCUT2D eigenvalue weighted by Crippen LogP contribution is 2.04. The van der Waals surface area contributed by atoms with Crippen LogP contribution in [0.15, 0.2) is 17.9 Å². The quantitative estimate of drug-likeness (QED) is 0.274. The maximum atomic E-state index is 10.9. The molecule has 1 heterocycles. The van der Waals surface area contributed by atoms with Crippen molar-refractivity contribution in [3.63, 3.8) is 0 Å². The highest BCUT2D eigenvalue weighted by molar-refractivity contribution is 4.84. The van der Waals surface area contributed by atoms with Crippen LogP contribution in [0.25, 0.3) is 0 Å². The molecular formula is C7H15N5O2. The first-order valence-electron chi connectivity index (χ1n) is 4.38. The van der Waals surface area contributed by atoms with Gasteiger partial charge in [0.15, 0.2) is 0 Å². The Balaban J connectivity index is 2.42. The van der Waals surface area contributed by atoms with E-state index in [0.717, 1.165) is 0 Å². The number of nitrogens with zero attached hydrogens (tertiary/aromatic N) is 4. The molecule has 1 rings (SSSR count). The minimum atomic E-state index is -0.177. The fourth-order valence-electron chi connectivity index (χ4n) is 1.39. The van der Waals surface area contributed by atoms with Crippen molar-refractivity contribution in [1.82, 2.24) is 9.91 Å². The first-order valence-corrected chi connectivity index (χ1v) is 4.38. The molecule has 0 saturated carbocycles. The number of hydrogen-bond donors (Lipinski definition) is 2. The number of piperazine rings is 1. The van der Waals surface area contributed by atoms with Crippen LogP contribution in [0, 0.1) is 5.21 Å². The van der Waals surface area contributed by atoms with E-state index in [0.29, 0.717) is 26.2 Å². The van der Waals surface area contributed by atoms with Gasteiger partial charge in [-0.3, -0.25) is 4.90 Å². The Morgan fingerprint density at radius 2 is 2.07 bits per heavy atom. The van der Waals surface area contributed by atoms with Crippen molar-refractivity contribution in [3.8, 4) is 0 Å². The van der Waals surface area contributed by atoms with Crippen LogP contribution in [0.3, 0.4) is 0 Å². The highest BCUT2D eigenvalue weighted by Gasteiger charge is 2.23. The molecule has 3 N–H and O–H groups in total. The average Bonchev–Trinajstić information content (AvgIpc) is 2.27. The van der Waals surface area contributed by atoms with Crippen LogP contribution in [-0.4, -0.2) is 52.4 Å². The second-order valence-electron chi connectivity index (χ2n) is 3.06. The smallest absolute Gasteiger partial charge is 0.230 e. The van der Waals surface area contributed by atoms with Crippen molar-refractivity contribution in [2.75, 3.05) is 26.2 Å². The monoisotopic (exact) mass is 201 g/mol. The molecule has 14 heavy (non-hydrogen) atoms. The average molecular weight is 201 g/mol. The van der Waals surface area contributed by atoms with Crippen LogP contribution < -0.4 is 5.73 Å². The molecule has 1 aliphatic rings. The molecule has 80 valence electrons. The summed E-state index contributed by atoms with van der Waals surface area (Å²) in [6.45, 7) is 5.89. The molecule has 7 heteroatoms. The van der Waals surface area contributed by atoms with Crippen LogP contribution in [0.1, 0.15) is 0 Å². The fourth-order valence-corrected chi connectivity index (χ4v) is 1.39. The molecule has 7 nitrogen and oxygen atoms in total. The van der Waals surface area contributed by atoms with Gasteiger partial charge in [-0.05, 0) is 0 Å². The van der Waals surface area contributed by atoms with E-state index >= 15 is 0 Å². The van der Waals surface area contributed by atoms with Gasteiger partial charge >= 0.3 is 0 Å². The van der Waals surface area contributed by atoms with Gasteiger partial charge in [-0.15, -0.1) is 11.6 Å². The van der Waals surface area contributed by atoms with Crippen LogP contribution in [0.2, 0.25) is 0 Å². The summed E-state index contributed by atoms with van der Waals surface area (Å²) < 4.78 is 0. The summed E-state index contributed by atoms with van der Waals surface area (Å²) in [5, 5.41) is 23.1. The summed E-state index contributed by atoms with van der Waals surface area (Å²) in [6, 6.07) is 0. The molecule has 1 unspecified atom stereocenters. The van der Waals surface area contributed by atoms with Crippen LogP contribution in [0.5, 0.6) is 0 Å². The number of hydrogen-bond acceptors (Lipinski definition) is 4. The van der Waals surface area contributed by atoms with Gasteiger partial charge in [-0.1, -0.05) is 6.08 Å². The minimum absolute atomic E-state index is 0.177. The molecule has 1 atom stereocenters. The molecule has 1 saturated heterocycles. The number of hydrazine groups is 1. The third-order valence-corrected chi connectivity index (χ3v) is 2.27. The second kappa shape index (κ2) is 4.77. The molecule has 0 aromatic rings. The first-order chi connectivity index (χ1) is 6.69. The molecule has 0 aliphatic carbocycles. The Bertz CT molecular complexity index is 224. The van der Waals surface area contributed by atoms with Gasteiger partial charge in [0.1, 0.15) is 0 Å². The van der Waals surface area contributed by atoms with Crippen molar-refractivity contribution in [1.29, 1.82) is 0 Å². The molecule has 0 amide bonds. The second-order valence-corrected chi connectivity index (χ2v) is 3.06. The maximum Gasteiger partial charge on any atom is 0.230 e. The zero-order valence-corrected chi connectivity index (χ0v) is 7.91. The summed E-state index contributed by atoms with van der Waals surface area (Å²) in [4.78, 5) is 2.19. The number of nitrogens with two attached hydrogens (primary N) is 1. The van der Waals surface area contributed by atoms with Gasteiger partial charge in [-0.25, -0.2) is 0 Å². The molecule has 0 aromatic heterocycles. The predicted molar refractivity (Wildman–Crippen MR) is 49.2 cm³/mol. The zero-order valence-electron chi connectivity index (χ0n) is 7.91. The Labute approximate surface area is 82.2 Å². The Morgan fingerprint density at radius 1 is 1.50 bits per heavy atom. The Hall–Kier alpha value is -1.34. The van der Waals surface area contributed by atoms with E-state index in [-0.39, 0.29) is 11.1 Å². The van der Waals surface area contributed by atoms with E-state index in [4.69, 9.17) is 10.9 Å². The molecule has 0 radical (unpaired) electrons. The summed E-state index contributed by atoms with van der Waals surface area (Å²) in [6.07, 6.45) is 1.48. The van der Waals surface area contributed by atoms with Gasteiger partial charge < -0.3 is 16.1 Å². The summed E-state index contributed by atoms with van der Waals surface area (Å²) in [7, 11) is 0. The van der Waals surface area contributed by atoms with Crippen molar-refractivity contribution >= 4 is 0 Å². The summed E-state index contributed by atoms with van der Waals surface area (Å²) >= 11 is 0. The maximum absolute atomic E-state index is 10.9. The summed E-state index contributed by atoms with van der Waals surface area (Å²) in [5.74, 6) is 0. The third kappa shape index (κ3) is 2.33. The minimum Gasteiger partial charge on any atom is -0.569 e.